The summed E-state index contributed by atoms with van der Waals surface area (Å²) in [6, 6.07) is 12.3. The molecule has 0 N–H and O–H groups in total. The topological polar surface area (TPSA) is 75.6 Å². The minimum atomic E-state index is 0.568. The van der Waals surface area contributed by atoms with Gasteiger partial charge < -0.3 is 9.30 Å². The molecule has 8 nitrogen and oxygen atoms in total. The molecule has 0 unspecified atom stereocenters. The summed E-state index contributed by atoms with van der Waals surface area (Å²) < 4.78 is 11.4. The number of nitrogens with zero attached hydrogens (tertiary/aromatic N) is 7. The van der Waals surface area contributed by atoms with Crippen molar-refractivity contribution in [3.63, 3.8) is 0 Å². The van der Waals surface area contributed by atoms with E-state index in [2.05, 4.69) is 42.8 Å². The normalized spacial score (nSPS) is 11.2. The van der Waals surface area contributed by atoms with Crippen LogP contribution in [0.4, 0.5) is 0 Å². The van der Waals surface area contributed by atoms with Crippen LogP contribution in [0, 0.1) is 0 Å². The Hall–Kier alpha value is -3.94. The minimum Gasteiger partial charge on any atom is -0.496 e. The summed E-state index contributed by atoms with van der Waals surface area (Å²) in [6.07, 6.45) is 8.81. The maximum Gasteiger partial charge on any atom is 0.144 e. The first-order chi connectivity index (χ1) is 14.2. The average molecular weight is 385 g/mol. The summed E-state index contributed by atoms with van der Waals surface area (Å²) in [5, 5.41) is 4.20. The van der Waals surface area contributed by atoms with Gasteiger partial charge in [-0.2, -0.15) is 5.10 Å². The van der Waals surface area contributed by atoms with Gasteiger partial charge >= 0.3 is 0 Å². The number of fused-ring (bicyclic) bond motifs is 1. The lowest BCUT2D eigenvalue weighted by atomic mass is 10.1. The molecule has 144 valence electrons. The van der Waals surface area contributed by atoms with Crippen LogP contribution in [0.1, 0.15) is 5.56 Å². The van der Waals surface area contributed by atoms with Crippen LogP contribution in [0.3, 0.4) is 0 Å². The molecule has 0 saturated carbocycles. The number of aryl methyl sites for hydroxylation is 1. The number of hydrogen-bond acceptors (Lipinski definition) is 5. The maximum atomic E-state index is 5.54. The summed E-state index contributed by atoms with van der Waals surface area (Å²) in [5.41, 5.74) is 5.08. The number of rotatable bonds is 5. The molecule has 0 saturated heterocycles. The van der Waals surface area contributed by atoms with E-state index in [1.54, 1.807) is 18.1 Å². The second-order valence-corrected chi connectivity index (χ2v) is 6.77. The third kappa shape index (κ3) is 3.04. The number of ether oxygens (including phenoxy) is 1. The van der Waals surface area contributed by atoms with E-state index in [0.717, 1.165) is 39.4 Å². The van der Waals surface area contributed by atoms with Crippen molar-refractivity contribution < 1.29 is 4.74 Å². The van der Waals surface area contributed by atoms with Crippen LogP contribution in [0.5, 0.6) is 5.75 Å². The van der Waals surface area contributed by atoms with Crippen LogP contribution in [-0.4, -0.2) is 41.0 Å². The Kier molecular flexibility index (Phi) is 4.09. The molecule has 2 aromatic carbocycles. The smallest absolute Gasteiger partial charge is 0.144 e. The average Bonchev–Trinajstić information content (AvgIpc) is 3.49. The van der Waals surface area contributed by atoms with Crippen LogP contribution in [0.15, 0.2) is 67.8 Å². The zero-order valence-electron chi connectivity index (χ0n) is 16.1. The summed E-state index contributed by atoms with van der Waals surface area (Å²) in [7, 11) is 3.66. The van der Waals surface area contributed by atoms with Crippen LogP contribution in [0.2, 0.25) is 0 Å². The molecule has 5 aromatic rings. The van der Waals surface area contributed by atoms with Gasteiger partial charge in [0.1, 0.15) is 24.2 Å². The van der Waals surface area contributed by atoms with Gasteiger partial charge in [-0.1, -0.05) is 0 Å². The molecule has 0 aliphatic rings. The highest BCUT2D eigenvalue weighted by Gasteiger charge is 2.13. The van der Waals surface area contributed by atoms with E-state index in [4.69, 9.17) is 4.74 Å². The largest absolute Gasteiger partial charge is 0.496 e. The lowest BCUT2D eigenvalue weighted by Gasteiger charge is -2.13. The number of imidazole rings is 2. The Morgan fingerprint density at radius 1 is 1.03 bits per heavy atom. The van der Waals surface area contributed by atoms with E-state index in [0.29, 0.717) is 6.54 Å². The zero-order valence-corrected chi connectivity index (χ0v) is 16.1. The van der Waals surface area contributed by atoms with E-state index in [9.17, 15) is 0 Å². The van der Waals surface area contributed by atoms with Crippen molar-refractivity contribution in [2.45, 2.75) is 6.54 Å². The summed E-state index contributed by atoms with van der Waals surface area (Å²) in [4.78, 5) is 13.0. The first-order valence-electron chi connectivity index (χ1n) is 9.17. The SMILES string of the molecule is COc1ccc(-c2nccn2-c2ccc3ncn(C)c3c2)cc1Cn1cncn1. The van der Waals surface area contributed by atoms with Crippen molar-refractivity contribution in [3.05, 3.63) is 73.3 Å². The minimum absolute atomic E-state index is 0.568. The first kappa shape index (κ1) is 17.2. The Balaban J connectivity index is 1.58. The fourth-order valence-electron chi connectivity index (χ4n) is 3.52. The van der Waals surface area contributed by atoms with Crippen molar-refractivity contribution >= 4 is 11.0 Å². The fourth-order valence-corrected chi connectivity index (χ4v) is 3.52. The predicted octanol–water partition coefficient (Wildman–Crippen LogP) is 3.07. The quantitative estimate of drug-likeness (QED) is 0.465. The molecule has 0 aliphatic heterocycles. The van der Waals surface area contributed by atoms with Crippen molar-refractivity contribution in [1.82, 2.24) is 33.9 Å². The van der Waals surface area contributed by atoms with Crippen molar-refractivity contribution in [3.8, 4) is 22.8 Å². The molecule has 8 heteroatoms. The summed E-state index contributed by atoms with van der Waals surface area (Å²) in [6.45, 7) is 0.568. The standard InChI is InChI=1S/C21H19N7O/c1-26-14-24-18-5-4-17(10-19(18)26)28-8-7-23-21(28)15-3-6-20(29-2)16(9-15)11-27-13-22-12-25-27/h3-10,12-14H,11H2,1-2H3. The van der Waals surface area contributed by atoms with Crippen molar-refractivity contribution in [1.29, 1.82) is 0 Å². The van der Waals surface area contributed by atoms with E-state index < -0.39 is 0 Å². The third-order valence-corrected chi connectivity index (χ3v) is 4.97. The van der Waals surface area contributed by atoms with Gasteiger partial charge in [0.25, 0.3) is 0 Å². The highest BCUT2D eigenvalue weighted by molar-refractivity contribution is 5.78. The zero-order chi connectivity index (χ0) is 19.8. The van der Waals surface area contributed by atoms with Gasteiger partial charge in [0.2, 0.25) is 0 Å². The third-order valence-electron chi connectivity index (χ3n) is 4.97. The lowest BCUT2D eigenvalue weighted by molar-refractivity contribution is 0.407. The number of aromatic nitrogens is 7. The monoisotopic (exact) mass is 385 g/mol. The molecule has 0 atom stereocenters. The molecule has 0 aliphatic carbocycles. The molecule has 5 rings (SSSR count). The summed E-state index contributed by atoms with van der Waals surface area (Å²) >= 11 is 0. The van der Waals surface area contributed by atoms with Gasteiger partial charge in [-0.3, -0.25) is 4.57 Å². The Bertz CT molecular complexity index is 1280. The van der Waals surface area contributed by atoms with Crippen LogP contribution in [-0.2, 0) is 13.6 Å². The van der Waals surface area contributed by atoms with Gasteiger partial charge in [0.05, 0.1) is 31.0 Å². The van der Waals surface area contributed by atoms with Gasteiger partial charge in [-0.15, -0.1) is 0 Å². The predicted molar refractivity (Wildman–Crippen MR) is 109 cm³/mol. The molecular weight excluding hydrogens is 366 g/mol. The highest BCUT2D eigenvalue weighted by atomic mass is 16.5. The molecule has 3 aromatic heterocycles. The number of hydrogen-bond donors (Lipinski definition) is 0. The first-order valence-corrected chi connectivity index (χ1v) is 9.17. The van der Waals surface area contributed by atoms with E-state index in [1.165, 1.54) is 6.33 Å². The van der Waals surface area contributed by atoms with Gasteiger partial charge in [0, 0.05) is 36.3 Å². The van der Waals surface area contributed by atoms with Crippen molar-refractivity contribution in [2.75, 3.05) is 7.11 Å². The van der Waals surface area contributed by atoms with E-state index >= 15 is 0 Å². The number of benzene rings is 2. The van der Waals surface area contributed by atoms with Gasteiger partial charge in [0.15, 0.2) is 0 Å². The van der Waals surface area contributed by atoms with E-state index in [-0.39, 0.29) is 0 Å². The molecule has 29 heavy (non-hydrogen) atoms. The molecule has 0 spiro atoms. The van der Waals surface area contributed by atoms with Crippen molar-refractivity contribution in [2.24, 2.45) is 7.05 Å². The van der Waals surface area contributed by atoms with Crippen LogP contribution < -0.4 is 4.74 Å². The lowest BCUT2D eigenvalue weighted by Crippen LogP contribution is -2.03. The van der Waals surface area contributed by atoms with Crippen LogP contribution in [0.25, 0.3) is 28.1 Å². The number of methoxy groups -OCH3 is 1. The van der Waals surface area contributed by atoms with Crippen LogP contribution >= 0.6 is 0 Å². The molecule has 0 radical (unpaired) electrons. The fraction of sp³-hybridized carbons (Fsp3) is 0.143. The van der Waals surface area contributed by atoms with E-state index in [1.807, 2.05) is 48.5 Å². The molecule has 0 bridgehead atoms. The Morgan fingerprint density at radius 2 is 1.97 bits per heavy atom. The Morgan fingerprint density at radius 3 is 2.79 bits per heavy atom. The Labute approximate surface area is 167 Å². The van der Waals surface area contributed by atoms with Gasteiger partial charge in [-0.05, 0) is 36.4 Å². The maximum absolute atomic E-state index is 5.54. The second-order valence-electron chi connectivity index (χ2n) is 6.77. The molecule has 3 heterocycles. The second kappa shape index (κ2) is 6.90. The van der Waals surface area contributed by atoms with Gasteiger partial charge in [-0.25, -0.2) is 19.6 Å². The molecular formula is C21H19N7O. The summed E-state index contributed by atoms with van der Waals surface area (Å²) in [5.74, 6) is 1.66. The highest BCUT2D eigenvalue weighted by Crippen LogP contribution is 2.28. The molecule has 0 amide bonds. The molecule has 0 fully saturated rings.